The van der Waals surface area contributed by atoms with E-state index in [0.717, 1.165) is 0 Å². The predicted octanol–water partition coefficient (Wildman–Crippen LogP) is 1.16. The molecule has 0 bridgehead atoms. The van der Waals surface area contributed by atoms with Gasteiger partial charge in [0.1, 0.15) is 0 Å². The molecule has 0 aliphatic carbocycles. The zero-order chi connectivity index (χ0) is 8.85. The number of carbonyl (C=O) groups excluding carboxylic acids is 1. The van der Waals surface area contributed by atoms with E-state index in [4.69, 9.17) is 5.11 Å². The Labute approximate surface area is 65.0 Å². The number of ketones is 1. The highest BCUT2D eigenvalue weighted by Crippen LogP contribution is 1.96. The van der Waals surface area contributed by atoms with Crippen molar-refractivity contribution in [2.24, 2.45) is 0 Å². The summed E-state index contributed by atoms with van der Waals surface area (Å²) in [4.78, 5) is 20.7. The van der Waals surface area contributed by atoms with Gasteiger partial charge in [0.05, 0.1) is 5.57 Å². The van der Waals surface area contributed by atoms with E-state index in [0.29, 0.717) is 0 Å². The summed E-state index contributed by atoms with van der Waals surface area (Å²) in [7, 11) is 0. The van der Waals surface area contributed by atoms with Crippen LogP contribution in [0.3, 0.4) is 0 Å². The monoisotopic (exact) mass is 154 g/mol. The molecule has 0 aliphatic rings. The van der Waals surface area contributed by atoms with Crippen LogP contribution in [0.1, 0.15) is 13.8 Å². The van der Waals surface area contributed by atoms with E-state index in [9.17, 15) is 9.59 Å². The largest absolute Gasteiger partial charge is 0.478 e. The first kappa shape index (κ1) is 9.62. The first-order valence-electron chi connectivity index (χ1n) is 3.16. The average molecular weight is 154 g/mol. The van der Waals surface area contributed by atoms with Crippen LogP contribution >= 0.6 is 0 Å². The minimum absolute atomic E-state index is 0.125. The molecule has 0 heterocycles. The molecule has 3 heteroatoms. The van der Waals surface area contributed by atoms with Gasteiger partial charge in [-0.1, -0.05) is 6.08 Å². The van der Waals surface area contributed by atoms with Crippen molar-refractivity contribution in [2.75, 3.05) is 0 Å². The normalized spacial score (nSPS) is 12.0. The second-order valence-electron chi connectivity index (χ2n) is 1.99. The van der Waals surface area contributed by atoms with E-state index in [-0.39, 0.29) is 11.4 Å². The number of rotatable bonds is 3. The first-order valence-corrected chi connectivity index (χ1v) is 3.16. The first-order chi connectivity index (χ1) is 5.07. The lowest BCUT2D eigenvalue weighted by Crippen LogP contribution is -1.97. The molecule has 0 saturated carbocycles. The summed E-state index contributed by atoms with van der Waals surface area (Å²) in [6, 6.07) is 0. The van der Waals surface area contributed by atoms with Crippen LogP contribution in [0, 0.1) is 0 Å². The number of carboxylic acid groups (broad SMARTS) is 1. The zero-order valence-electron chi connectivity index (χ0n) is 6.50. The maximum Gasteiger partial charge on any atom is 0.335 e. The third-order valence-corrected chi connectivity index (χ3v) is 1.06. The summed E-state index contributed by atoms with van der Waals surface area (Å²) >= 11 is 0. The van der Waals surface area contributed by atoms with Gasteiger partial charge in [-0.2, -0.15) is 0 Å². The maximum absolute atomic E-state index is 10.4. The fraction of sp³-hybridized carbons (Fsp3) is 0.250. The molecule has 0 fully saturated rings. The van der Waals surface area contributed by atoms with Crippen molar-refractivity contribution in [1.82, 2.24) is 0 Å². The molecule has 0 aromatic heterocycles. The quantitative estimate of drug-likeness (QED) is 0.490. The molecule has 0 aromatic carbocycles. The van der Waals surface area contributed by atoms with Crippen LogP contribution in [0.15, 0.2) is 23.8 Å². The SMILES string of the molecule is C/C=C(\C=C/C(C)=O)C(=O)O. The van der Waals surface area contributed by atoms with Crippen LogP contribution in [-0.4, -0.2) is 16.9 Å². The number of carbonyl (C=O) groups is 2. The lowest BCUT2D eigenvalue weighted by atomic mass is 10.2. The minimum Gasteiger partial charge on any atom is -0.478 e. The Balaban J connectivity index is 4.34. The van der Waals surface area contributed by atoms with E-state index in [1.165, 1.54) is 25.2 Å². The van der Waals surface area contributed by atoms with E-state index < -0.39 is 5.97 Å². The molecule has 11 heavy (non-hydrogen) atoms. The highest BCUT2D eigenvalue weighted by Gasteiger charge is 1.99. The molecule has 0 spiro atoms. The van der Waals surface area contributed by atoms with Crippen LogP contribution in [-0.2, 0) is 9.59 Å². The van der Waals surface area contributed by atoms with Crippen molar-refractivity contribution in [1.29, 1.82) is 0 Å². The Morgan fingerprint density at radius 1 is 1.27 bits per heavy atom. The fourth-order valence-corrected chi connectivity index (χ4v) is 0.498. The smallest absolute Gasteiger partial charge is 0.335 e. The van der Waals surface area contributed by atoms with Gasteiger partial charge in [0.2, 0.25) is 0 Å². The van der Waals surface area contributed by atoms with Gasteiger partial charge >= 0.3 is 5.97 Å². The van der Waals surface area contributed by atoms with Crippen molar-refractivity contribution in [3.63, 3.8) is 0 Å². The van der Waals surface area contributed by atoms with E-state index in [2.05, 4.69) is 0 Å². The number of hydrogen-bond donors (Lipinski definition) is 1. The Morgan fingerprint density at radius 2 is 1.82 bits per heavy atom. The third-order valence-electron chi connectivity index (χ3n) is 1.06. The van der Waals surface area contributed by atoms with Crippen molar-refractivity contribution in [3.8, 4) is 0 Å². The zero-order valence-corrected chi connectivity index (χ0v) is 6.50. The molecule has 3 nitrogen and oxygen atoms in total. The number of hydrogen-bond acceptors (Lipinski definition) is 2. The Kier molecular flexibility index (Phi) is 3.88. The van der Waals surface area contributed by atoms with Crippen LogP contribution in [0.5, 0.6) is 0 Å². The van der Waals surface area contributed by atoms with Crippen LogP contribution in [0.4, 0.5) is 0 Å². The molecule has 60 valence electrons. The maximum atomic E-state index is 10.4. The van der Waals surface area contributed by atoms with Crippen molar-refractivity contribution >= 4 is 11.8 Å². The molecule has 0 amide bonds. The second kappa shape index (κ2) is 4.44. The molecule has 0 aromatic rings. The average Bonchev–Trinajstić information content (AvgIpc) is 1.87. The predicted molar refractivity (Wildman–Crippen MR) is 41.2 cm³/mol. The van der Waals surface area contributed by atoms with Crippen molar-refractivity contribution < 1.29 is 14.7 Å². The summed E-state index contributed by atoms with van der Waals surface area (Å²) < 4.78 is 0. The topological polar surface area (TPSA) is 54.4 Å². The lowest BCUT2D eigenvalue weighted by molar-refractivity contribution is -0.132. The molecule has 1 N–H and O–H groups in total. The van der Waals surface area contributed by atoms with Gasteiger partial charge in [-0.25, -0.2) is 4.79 Å². The Bertz CT molecular complexity index is 223. The fourth-order valence-electron chi connectivity index (χ4n) is 0.498. The Morgan fingerprint density at radius 3 is 2.09 bits per heavy atom. The van der Waals surface area contributed by atoms with Gasteiger partial charge in [-0.3, -0.25) is 4.79 Å². The standard InChI is InChI=1S/C8H10O3/c1-3-7(8(10)11)5-4-6(2)9/h3-5H,1-2H3,(H,10,11)/b5-4-,7-3+. The van der Waals surface area contributed by atoms with E-state index >= 15 is 0 Å². The minimum atomic E-state index is -1.02. The molecule has 0 radical (unpaired) electrons. The molecule has 0 aliphatic heterocycles. The summed E-state index contributed by atoms with van der Waals surface area (Å²) in [5.74, 6) is -1.18. The molecular weight excluding hydrogens is 144 g/mol. The van der Waals surface area contributed by atoms with Crippen LogP contribution in [0.25, 0.3) is 0 Å². The highest BCUT2D eigenvalue weighted by atomic mass is 16.4. The van der Waals surface area contributed by atoms with Crippen LogP contribution < -0.4 is 0 Å². The van der Waals surface area contributed by atoms with Gasteiger partial charge in [0.15, 0.2) is 5.78 Å². The lowest BCUT2D eigenvalue weighted by Gasteiger charge is -1.89. The van der Waals surface area contributed by atoms with Gasteiger partial charge in [0.25, 0.3) is 0 Å². The van der Waals surface area contributed by atoms with Crippen LogP contribution in [0.2, 0.25) is 0 Å². The molecule has 0 unspecified atom stereocenters. The highest BCUT2D eigenvalue weighted by molar-refractivity contribution is 5.94. The summed E-state index contributed by atoms with van der Waals surface area (Å²) in [6.07, 6.45) is 3.94. The third kappa shape index (κ3) is 4.08. The van der Waals surface area contributed by atoms with Gasteiger partial charge in [-0.05, 0) is 26.0 Å². The van der Waals surface area contributed by atoms with Crippen molar-refractivity contribution in [2.45, 2.75) is 13.8 Å². The van der Waals surface area contributed by atoms with Crippen molar-refractivity contribution in [3.05, 3.63) is 23.8 Å². The summed E-state index contributed by atoms with van der Waals surface area (Å²) in [5.41, 5.74) is 0.125. The summed E-state index contributed by atoms with van der Waals surface area (Å²) in [5, 5.41) is 8.46. The summed E-state index contributed by atoms with van der Waals surface area (Å²) in [6.45, 7) is 2.97. The Hall–Kier alpha value is -1.38. The van der Waals surface area contributed by atoms with E-state index in [1.54, 1.807) is 6.92 Å². The van der Waals surface area contributed by atoms with E-state index in [1.807, 2.05) is 0 Å². The second-order valence-corrected chi connectivity index (χ2v) is 1.99. The molecule has 0 saturated heterocycles. The number of aliphatic carboxylic acids is 1. The number of allylic oxidation sites excluding steroid dienone is 2. The molecule has 0 atom stereocenters. The van der Waals surface area contributed by atoms with Gasteiger partial charge in [-0.15, -0.1) is 0 Å². The number of carboxylic acids is 1. The van der Waals surface area contributed by atoms with Gasteiger partial charge in [0, 0.05) is 0 Å². The molecule has 0 rings (SSSR count). The molecular formula is C8H10O3. The van der Waals surface area contributed by atoms with Gasteiger partial charge < -0.3 is 5.11 Å².